The molecule has 0 saturated heterocycles. The van der Waals surface area contributed by atoms with E-state index in [1.165, 1.54) is 6.07 Å². The predicted molar refractivity (Wildman–Crippen MR) is 68.9 cm³/mol. The van der Waals surface area contributed by atoms with Gasteiger partial charge < -0.3 is 15.8 Å². The molecule has 0 fully saturated rings. The number of nitrogens with two attached hydrogens (primary N) is 1. The molecule has 6 heteroatoms. The summed E-state index contributed by atoms with van der Waals surface area (Å²) in [5.41, 5.74) is 5.28. The van der Waals surface area contributed by atoms with Crippen LogP contribution in [0.1, 0.15) is 10.4 Å². The molecule has 5 nitrogen and oxygen atoms in total. The van der Waals surface area contributed by atoms with Gasteiger partial charge in [-0.1, -0.05) is 23.7 Å². The number of aromatic amines is 1. The molecule has 0 aliphatic rings. The van der Waals surface area contributed by atoms with Crippen LogP contribution in [0.3, 0.4) is 0 Å². The summed E-state index contributed by atoms with van der Waals surface area (Å²) in [6, 6.07) is 7.89. The number of hydrogen-bond acceptors (Lipinski definition) is 3. The first kappa shape index (κ1) is 12.2. The van der Waals surface area contributed by atoms with Crippen LogP contribution in [-0.4, -0.2) is 16.1 Å². The van der Waals surface area contributed by atoms with Crippen LogP contribution >= 0.6 is 11.6 Å². The average molecular weight is 265 g/mol. The van der Waals surface area contributed by atoms with Crippen LogP contribution in [0, 0.1) is 0 Å². The minimum absolute atomic E-state index is 0.106. The molecule has 0 saturated carbocycles. The van der Waals surface area contributed by atoms with Gasteiger partial charge in [-0.2, -0.15) is 0 Å². The predicted octanol–water partition coefficient (Wildman–Crippen LogP) is 1.98. The molecule has 1 aromatic heterocycles. The lowest BCUT2D eigenvalue weighted by Crippen LogP contribution is -2.20. The number of hydrogen-bond donors (Lipinski definition) is 3. The highest BCUT2D eigenvalue weighted by Crippen LogP contribution is 2.24. The third-order valence-corrected chi connectivity index (χ3v) is 2.68. The van der Waals surface area contributed by atoms with Gasteiger partial charge in [0.05, 0.1) is 0 Å². The number of carboxylic acid groups (broad SMARTS) is 1. The Morgan fingerprint density at radius 1 is 1.28 bits per heavy atom. The Balaban J connectivity index is 2.73. The quantitative estimate of drug-likeness (QED) is 0.773. The monoisotopic (exact) mass is 264 g/mol. The summed E-state index contributed by atoms with van der Waals surface area (Å²) < 4.78 is 0. The summed E-state index contributed by atoms with van der Waals surface area (Å²) in [7, 11) is 0. The first-order chi connectivity index (χ1) is 8.49. The zero-order chi connectivity index (χ0) is 13.3. The van der Waals surface area contributed by atoms with Crippen molar-refractivity contribution in [1.29, 1.82) is 0 Å². The second-order valence-corrected chi connectivity index (χ2v) is 4.09. The Bertz CT molecular complexity index is 662. The van der Waals surface area contributed by atoms with Crippen LogP contribution in [0.4, 0.5) is 5.82 Å². The lowest BCUT2D eigenvalue weighted by Gasteiger charge is -2.06. The lowest BCUT2D eigenvalue weighted by atomic mass is 10.0. The topological polar surface area (TPSA) is 96.2 Å². The Kier molecular flexibility index (Phi) is 3.08. The molecule has 1 aromatic carbocycles. The van der Waals surface area contributed by atoms with Crippen LogP contribution < -0.4 is 11.3 Å². The first-order valence-electron chi connectivity index (χ1n) is 5.01. The number of nitrogens with one attached hydrogen (secondary N) is 1. The molecule has 92 valence electrons. The van der Waals surface area contributed by atoms with Gasteiger partial charge in [0.25, 0.3) is 5.56 Å². The number of nitrogen functional groups attached to an aromatic ring is 1. The van der Waals surface area contributed by atoms with E-state index in [9.17, 15) is 9.59 Å². The molecule has 1 heterocycles. The van der Waals surface area contributed by atoms with E-state index in [2.05, 4.69) is 4.98 Å². The molecule has 0 radical (unpaired) electrons. The number of aromatic carboxylic acids is 1. The Hall–Kier alpha value is -2.27. The third kappa shape index (κ3) is 2.21. The van der Waals surface area contributed by atoms with Crippen molar-refractivity contribution >= 4 is 23.4 Å². The molecule has 0 unspecified atom stereocenters. The maximum Gasteiger partial charge on any atom is 0.341 e. The minimum Gasteiger partial charge on any atom is -0.477 e. The van der Waals surface area contributed by atoms with Crippen LogP contribution in [0.2, 0.25) is 5.02 Å². The van der Waals surface area contributed by atoms with Crippen LogP contribution in [0.5, 0.6) is 0 Å². The molecule has 0 amide bonds. The fourth-order valence-corrected chi connectivity index (χ4v) is 1.78. The minimum atomic E-state index is -1.30. The summed E-state index contributed by atoms with van der Waals surface area (Å²) in [5.74, 6) is -1.20. The highest BCUT2D eigenvalue weighted by molar-refractivity contribution is 6.30. The number of halogens is 1. The van der Waals surface area contributed by atoms with E-state index in [0.717, 1.165) is 0 Å². The largest absolute Gasteiger partial charge is 0.477 e. The fourth-order valence-electron chi connectivity index (χ4n) is 1.65. The van der Waals surface area contributed by atoms with Crippen LogP contribution in [0.25, 0.3) is 11.1 Å². The van der Waals surface area contributed by atoms with Crippen LogP contribution in [0.15, 0.2) is 35.1 Å². The SMILES string of the molecule is Nc1cc(-c2ccc(Cl)cc2)c(C(=O)O)c(=O)[nH]1. The summed E-state index contributed by atoms with van der Waals surface area (Å²) in [4.78, 5) is 25.0. The fraction of sp³-hybridized carbons (Fsp3) is 0. The van der Waals surface area contributed by atoms with E-state index >= 15 is 0 Å². The van der Waals surface area contributed by atoms with E-state index in [4.69, 9.17) is 22.4 Å². The van der Waals surface area contributed by atoms with Crippen molar-refractivity contribution in [2.24, 2.45) is 0 Å². The smallest absolute Gasteiger partial charge is 0.341 e. The van der Waals surface area contributed by atoms with E-state index in [0.29, 0.717) is 10.6 Å². The van der Waals surface area contributed by atoms with E-state index < -0.39 is 11.5 Å². The van der Waals surface area contributed by atoms with Crippen molar-refractivity contribution in [2.45, 2.75) is 0 Å². The Morgan fingerprint density at radius 2 is 1.89 bits per heavy atom. The van der Waals surface area contributed by atoms with Gasteiger partial charge in [0.2, 0.25) is 0 Å². The Morgan fingerprint density at radius 3 is 2.44 bits per heavy atom. The maximum absolute atomic E-state index is 11.6. The van der Waals surface area contributed by atoms with Crippen molar-refractivity contribution in [1.82, 2.24) is 4.98 Å². The van der Waals surface area contributed by atoms with Gasteiger partial charge >= 0.3 is 5.97 Å². The molecule has 0 aliphatic heterocycles. The normalized spacial score (nSPS) is 10.3. The molecule has 2 aromatic rings. The number of benzene rings is 1. The second-order valence-electron chi connectivity index (χ2n) is 3.65. The Labute approximate surface area is 107 Å². The van der Waals surface area contributed by atoms with E-state index in [-0.39, 0.29) is 16.9 Å². The zero-order valence-electron chi connectivity index (χ0n) is 9.11. The molecule has 0 aliphatic carbocycles. The number of pyridine rings is 1. The lowest BCUT2D eigenvalue weighted by molar-refractivity contribution is 0.0696. The third-order valence-electron chi connectivity index (χ3n) is 2.42. The number of aromatic nitrogens is 1. The van der Waals surface area contributed by atoms with Crippen molar-refractivity contribution in [3.05, 3.63) is 51.3 Å². The van der Waals surface area contributed by atoms with Gasteiger partial charge in [0.15, 0.2) is 0 Å². The average Bonchev–Trinajstić information content (AvgIpc) is 2.28. The molecule has 0 spiro atoms. The van der Waals surface area contributed by atoms with Gasteiger partial charge in [-0.3, -0.25) is 4.79 Å². The summed E-state index contributed by atoms with van der Waals surface area (Å²) in [6.45, 7) is 0. The van der Waals surface area contributed by atoms with Gasteiger partial charge in [0, 0.05) is 10.6 Å². The molecule has 4 N–H and O–H groups in total. The van der Waals surface area contributed by atoms with Gasteiger partial charge in [-0.05, 0) is 23.8 Å². The van der Waals surface area contributed by atoms with Crippen molar-refractivity contribution in [3.8, 4) is 11.1 Å². The summed E-state index contributed by atoms with van der Waals surface area (Å²) in [6.07, 6.45) is 0. The highest BCUT2D eigenvalue weighted by atomic mass is 35.5. The van der Waals surface area contributed by atoms with Crippen molar-refractivity contribution in [2.75, 3.05) is 5.73 Å². The van der Waals surface area contributed by atoms with Crippen molar-refractivity contribution in [3.63, 3.8) is 0 Å². The number of anilines is 1. The van der Waals surface area contributed by atoms with Crippen LogP contribution in [-0.2, 0) is 0 Å². The summed E-state index contributed by atoms with van der Waals surface area (Å²) in [5, 5.41) is 9.59. The standard InChI is InChI=1S/C12H9ClN2O3/c13-7-3-1-6(2-4-7)8-5-9(14)15-11(16)10(8)12(17)18/h1-5H,(H,17,18)(H3,14,15,16). The van der Waals surface area contributed by atoms with Gasteiger partial charge in [-0.25, -0.2) is 4.79 Å². The molecule has 2 rings (SSSR count). The molecular weight excluding hydrogens is 256 g/mol. The number of carbonyl (C=O) groups is 1. The molecular formula is C12H9ClN2O3. The zero-order valence-corrected chi connectivity index (χ0v) is 9.86. The molecule has 0 atom stereocenters. The molecule has 18 heavy (non-hydrogen) atoms. The van der Waals surface area contributed by atoms with Gasteiger partial charge in [-0.15, -0.1) is 0 Å². The molecule has 0 bridgehead atoms. The van der Waals surface area contributed by atoms with E-state index in [1.807, 2.05) is 0 Å². The summed E-state index contributed by atoms with van der Waals surface area (Å²) >= 11 is 5.76. The number of carboxylic acids is 1. The number of H-pyrrole nitrogens is 1. The van der Waals surface area contributed by atoms with E-state index in [1.54, 1.807) is 24.3 Å². The number of rotatable bonds is 2. The second kappa shape index (κ2) is 4.54. The first-order valence-corrected chi connectivity index (χ1v) is 5.39. The highest BCUT2D eigenvalue weighted by Gasteiger charge is 2.17. The maximum atomic E-state index is 11.6. The van der Waals surface area contributed by atoms with Crippen molar-refractivity contribution < 1.29 is 9.90 Å². The van der Waals surface area contributed by atoms with Gasteiger partial charge in [0.1, 0.15) is 11.4 Å².